The zero-order valence-corrected chi connectivity index (χ0v) is 13.1. The molecule has 1 heterocycles. The van der Waals surface area contributed by atoms with Crippen molar-refractivity contribution in [2.75, 3.05) is 0 Å². The largest absolute Gasteiger partial charge is 0.305 e. The van der Waals surface area contributed by atoms with E-state index in [9.17, 15) is 0 Å². The van der Waals surface area contributed by atoms with E-state index < -0.39 is 0 Å². The minimum atomic E-state index is 0.437. The molecule has 0 amide bonds. The molecule has 0 aliphatic heterocycles. The monoisotopic (exact) mass is 323 g/mol. The molecule has 0 saturated carbocycles. The summed E-state index contributed by atoms with van der Waals surface area (Å²) in [6.45, 7) is 5.30. The van der Waals surface area contributed by atoms with Crippen LogP contribution in [0.2, 0.25) is 0 Å². The van der Waals surface area contributed by atoms with Gasteiger partial charge >= 0.3 is 0 Å². The van der Waals surface area contributed by atoms with Gasteiger partial charge in [-0.25, -0.2) is 0 Å². The maximum atomic E-state index is 3.63. The van der Waals surface area contributed by atoms with Crippen molar-refractivity contribution < 1.29 is 0 Å². The second-order valence-electron chi connectivity index (χ2n) is 4.37. The Morgan fingerprint density at radius 3 is 2.56 bits per heavy atom. The Labute approximate surface area is 121 Å². The van der Waals surface area contributed by atoms with Crippen molar-refractivity contribution in [2.24, 2.45) is 0 Å². The van der Waals surface area contributed by atoms with Crippen molar-refractivity contribution in [3.05, 3.63) is 56.2 Å². The number of nitrogens with one attached hydrogen (secondary N) is 1. The van der Waals surface area contributed by atoms with Crippen LogP contribution in [0.15, 0.2) is 40.9 Å². The van der Waals surface area contributed by atoms with E-state index in [1.165, 1.54) is 19.8 Å². The molecule has 0 aliphatic carbocycles. The lowest BCUT2D eigenvalue weighted by atomic mass is 10.0. The Kier molecular flexibility index (Phi) is 4.98. The van der Waals surface area contributed by atoms with E-state index in [2.05, 4.69) is 71.5 Å². The van der Waals surface area contributed by atoms with Crippen molar-refractivity contribution in [3.63, 3.8) is 0 Å². The first kappa shape index (κ1) is 13.8. The number of hydrogen-bond acceptors (Lipinski definition) is 2. The van der Waals surface area contributed by atoms with Crippen molar-refractivity contribution in [1.82, 2.24) is 5.32 Å². The topological polar surface area (TPSA) is 12.0 Å². The van der Waals surface area contributed by atoms with Crippen LogP contribution in [0.3, 0.4) is 0 Å². The summed E-state index contributed by atoms with van der Waals surface area (Å²) < 4.78 is 1.22. The number of aryl methyl sites for hydroxylation is 1. The van der Waals surface area contributed by atoms with E-state index in [1.807, 2.05) is 11.3 Å². The normalized spacial score (nSPS) is 12.6. The highest BCUT2D eigenvalue weighted by Crippen LogP contribution is 2.27. The molecule has 2 aromatic rings. The van der Waals surface area contributed by atoms with E-state index in [0.717, 1.165) is 13.0 Å². The zero-order chi connectivity index (χ0) is 13.0. The summed E-state index contributed by atoms with van der Waals surface area (Å²) in [5.74, 6) is 0. The van der Waals surface area contributed by atoms with Crippen LogP contribution < -0.4 is 5.32 Å². The predicted octanol–water partition coefficient (Wildman–Crippen LogP) is 5.06. The van der Waals surface area contributed by atoms with Gasteiger partial charge < -0.3 is 5.32 Å². The summed E-state index contributed by atoms with van der Waals surface area (Å²) in [6, 6.07) is 13.3. The SMILES string of the molecule is CCC(NCc1cc(Br)c(C)s1)c1ccccc1. The van der Waals surface area contributed by atoms with Crippen LogP contribution in [0, 0.1) is 6.92 Å². The quantitative estimate of drug-likeness (QED) is 0.810. The van der Waals surface area contributed by atoms with Gasteiger partial charge in [-0.2, -0.15) is 0 Å². The molecular formula is C15H18BrNS. The molecule has 1 aromatic heterocycles. The van der Waals surface area contributed by atoms with Crippen LogP contribution in [-0.2, 0) is 6.54 Å². The van der Waals surface area contributed by atoms with Gasteiger partial charge in [0.2, 0.25) is 0 Å². The molecule has 0 saturated heterocycles. The third-order valence-corrected chi connectivity index (χ3v) is 5.18. The van der Waals surface area contributed by atoms with Gasteiger partial charge in [-0.15, -0.1) is 11.3 Å². The molecular weight excluding hydrogens is 306 g/mol. The Morgan fingerprint density at radius 2 is 2.00 bits per heavy atom. The fourth-order valence-corrected chi connectivity index (χ4v) is 3.56. The standard InChI is InChI=1S/C15H18BrNS/c1-3-15(12-7-5-4-6-8-12)17-10-13-9-14(16)11(2)18-13/h4-9,15,17H,3,10H2,1-2H3. The van der Waals surface area contributed by atoms with E-state index in [4.69, 9.17) is 0 Å². The Morgan fingerprint density at radius 1 is 1.28 bits per heavy atom. The molecule has 96 valence electrons. The van der Waals surface area contributed by atoms with E-state index >= 15 is 0 Å². The lowest BCUT2D eigenvalue weighted by Crippen LogP contribution is -2.19. The van der Waals surface area contributed by atoms with Crippen LogP contribution in [0.5, 0.6) is 0 Å². The molecule has 3 heteroatoms. The van der Waals surface area contributed by atoms with E-state index in [0.29, 0.717) is 6.04 Å². The fraction of sp³-hybridized carbons (Fsp3) is 0.333. The van der Waals surface area contributed by atoms with Crippen molar-refractivity contribution in [1.29, 1.82) is 0 Å². The van der Waals surface area contributed by atoms with Crippen molar-refractivity contribution in [3.8, 4) is 0 Å². The van der Waals surface area contributed by atoms with E-state index in [1.54, 1.807) is 0 Å². The van der Waals surface area contributed by atoms with Gasteiger partial charge in [-0.3, -0.25) is 0 Å². The molecule has 0 fully saturated rings. The lowest BCUT2D eigenvalue weighted by Gasteiger charge is -2.16. The summed E-state index contributed by atoms with van der Waals surface area (Å²) in [5, 5.41) is 3.63. The van der Waals surface area contributed by atoms with Gasteiger partial charge in [0.1, 0.15) is 0 Å². The minimum Gasteiger partial charge on any atom is -0.305 e. The Balaban J connectivity index is 1.99. The van der Waals surface area contributed by atoms with Gasteiger partial charge in [0.25, 0.3) is 0 Å². The molecule has 0 radical (unpaired) electrons. The first-order valence-corrected chi connectivity index (χ1v) is 7.84. The molecule has 1 N–H and O–H groups in total. The highest BCUT2D eigenvalue weighted by atomic mass is 79.9. The predicted molar refractivity (Wildman–Crippen MR) is 83.1 cm³/mol. The van der Waals surface area contributed by atoms with Gasteiger partial charge in [-0.05, 0) is 40.9 Å². The first-order chi connectivity index (χ1) is 8.70. The van der Waals surface area contributed by atoms with Crippen molar-refractivity contribution >= 4 is 27.3 Å². The third kappa shape index (κ3) is 3.44. The smallest absolute Gasteiger partial charge is 0.0320 e. The second-order valence-corrected chi connectivity index (χ2v) is 6.56. The summed E-state index contributed by atoms with van der Waals surface area (Å²) >= 11 is 5.42. The van der Waals surface area contributed by atoms with E-state index in [-0.39, 0.29) is 0 Å². The molecule has 0 spiro atoms. The molecule has 1 atom stereocenters. The summed E-state index contributed by atoms with van der Waals surface area (Å²) in [7, 11) is 0. The Bertz CT molecular complexity index is 473. The fourth-order valence-electron chi connectivity index (χ4n) is 2.01. The average Bonchev–Trinajstić information content (AvgIpc) is 2.71. The minimum absolute atomic E-state index is 0.437. The summed E-state index contributed by atoms with van der Waals surface area (Å²) in [5.41, 5.74) is 1.37. The zero-order valence-electron chi connectivity index (χ0n) is 10.7. The Hall–Kier alpha value is -0.640. The molecule has 1 aromatic carbocycles. The van der Waals surface area contributed by atoms with Crippen LogP contribution in [0.25, 0.3) is 0 Å². The highest BCUT2D eigenvalue weighted by molar-refractivity contribution is 9.10. The number of rotatable bonds is 5. The average molecular weight is 324 g/mol. The molecule has 0 bridgehead atoms. The molecule has 18 heavy (non-hydrogen) atoms. The van der Waals surface area contributed by atoms with Gasteiger partial charge in [-0.1, -0.05) is 37.3 Å². The van der Waals surface area contributed by atoms with Crippen LogP contribution in [0.4, 0.5) is 0 Å². The highest BCUT2D eigenvalue weighted by Gasteiger charge is 2.09. The number of halogens is 1. The molecule has 0 aliphatic rings. The van der Waals surface area contributed by atoms with Gasteiger partial charge in [0.15, 0.2) is 0 Å². The molecule has 1 nitrogen and oxygen atoms in total. The number of thiophene rings is 1. The van der Waals surface area contributed by atoms with Gasteiger partial charge in [0, 0.05) is 26.8 Å². The summed E-state index contributed by atoms with van der Waals surface area (Å²) in [4.78, 5) is 2.73. The third-order valence-electron chi connectivity index (χ3n) is 3.04. The first-order valence-electron chi connectivity index (χ1n) is 6.24. The van der Waals surface area contributed by atoms with Gasteiger partial charge in [0.05, 0.1) is 0 Å². The van der Waals surface area contributed by atoms with Crippen LogP contribution >= 0.6 is 27.3 Å². The second kappa shape index (κ2) is 6.50. The van der Waals surface area contributed by atoms with Crippen molar-refractivity contribution in [2.45, 2.75) is 32.9 Å². The molecule has 2 rings (SSSR count). The van der Waals surface area contributed by atoms with Crippen LogP contribution in [-0.4, -0.2) is 0 Å². The maximum absolute atomic E-state index is 3.63. The number of hydrogen-bond donors (Lipinski definition) is 1. The molecule has 1 unspecified atom stereocenters. The lowest BCUT2D eigenvalue weighted by molar-refractivity contribution is 0.522. The van der Waals surface area contributed by atoms with Crippen LogP contribution in [0.1, 0.15) is 34.7 Å². The number of benzene rings is 1. The summed E-state index contributed by atoms with van der Waals surface area (Å²) in [6.07, 6.45) is 1.11. The maximum Gasteiger partial charge on any atom is 0.0320 e.